The van der Waals surface area contributed by atoms with Crippen molar-refractivity contribution in [2.24, 2.45) is 16.0 Å². The number of halogens is 2. The normalized spacial score (nSPS) is 23.4. The van der Waals surface area contributed by atoms with E-state index in [-0.39, 0.29) is 17.7 Å². The monoisotopic (exact) mass is 506 g/mol. The van der Waals surface area contributed by atoms with E-state index < -0.39 is 5.92 Å². The highest BCUT2D eigenvalue weighted by molar-refractivity contribution is 6.31. The third-order valence-corrected chi connectivity index (χ3v) is 5.64. The van der Waals surface area contributed by atoms with Crippen molar-refractivity contribution in [3.63, 3.8) is 0 Å². The van der Waals surface area contributed by atoms with Crippen LogP contribution in [0, 0.1) is 5.92 Å². The summed E-state index contributed by atoms with van der Waals surface area (Å²) in [4.78, 5) is 17.8. The van der Waals surface area contributed by atoms with Gasteiger partial charge in [0.1, 0.15) is 11.6 Å². The number of allylic oxidation sites excluding steroid dienone is 7. The van der Waals surface area contributed by atoms with Gasteiger partial charge in [0.2, 0.25) is 5.91 Å². The molecule has 2 atom stereocenters. The van der Waals surface area contributed by atoms with E-state index in [1.165, 1.54) is 5.54 Å². The Morgan fingerprint density at radius 2 is 2.00 bits per heavy atom. The van der Waals surface area contributed by atoms with Crippen LogP contribution < -0.4 is 5.32 Å². The number of aliphatic imine (C=N–C) groups is 1. The molecule has 1 amide bonds. The third-order valence-electron chi connectivity index (χ3n) is 5.11. The van der Waals surface area contributed by atoms with Gasteiger partial charge in [-0.05, 0) is 64.3 Å². The average Bonchev–Trinajstić information content (AvgIpc) is 2.75. The number of nitrogens with one attached hydrogen (secondary N) is 1. The van der Waals surface area contributed by atoms with Crippen molar-refractivity contribution in [1.82, 2.24) is 10.3 Å². The molecule has 0 saturated carbocycles. The van der Waals surface area contributed by atoms with Crippen molar-refractivity contribution < 1.29 is 9.90 Å². The van der Waals surface area contributed by atoms with Crippen molar-refractivity contribution >= 4 is 40.7 Å². The van der Waals surface area contributed by atoms with Crippen molar-refractivity contribution in [3.8, 4) is 0 Å². The summed E-state index contributed by atoms with van der Waals surface area (Å²) in [5, 5.41) is 19.8. The van der Waals surface area contributed by atoms with Crippen LogP contribution in [0.2, 0.25) is 0 Å². The molecule has 0 aromatic rings. The number of hydrogen-bond acceptors (Lipinski definition) is 5. The van der Waals surface area contributed by atoms with E-state index in [0.29, 0.717) is 36.0 Å². The number of carbonyl (C=O) groups is 1. The molecule has 1 unspecified atom stereocenters. The van der Waals surface area contributed by atoms with Gasteiger partial charge in [-0.25, -0.2) is 0 Å². The smallest absolute Gasteiger partial charge is 0.233 e. The second kappa shape index (κ2) is 14.6. The Hall–Kier alpha value is -2.57. The lowest BCUT2D eigenvalue weighted by molar-refractivity contribution is -0.121. The Bertz CT molecular complexity index is 971. The molecule has 0 bridgehead atoms. The van der Waals surface area contributed by atoms with Crippen LogP contribution in [0.25, 0.3) is 0 Å². The summed E-state index contributed by atoms with van der Waals surface area (Å²) in [6.07, 6.45) is 9.80. The lowest BCUT2D eigenvalue weighted by Gasteiger charge is -2.28. The van der Waals surface area contributed by atoms with E-state index in [0.717, 1.165) is 16.9 Å². The zero-order valence-electron chi connectivity index (χ0n) is 20.9. The molecule has 0 aliphatic carbocycles. The Morgan fingerprint density at radius 3 is 2.53 bits per heavy atom. The quantitative estimate of drug-likeness (QED) is 0.282. The molecule has 1 aliphatic rings. The summed E-state index contributed by atoms with van der Waals surface area (Å²) in [5.74, 6) is -0.232. The number of aliphatic hydroxyl groups excluding tert-OH is 1. The van der Waals surface area contributed by atoms with Gasteiger partial charge >= 0.3 is 0 Å². The van der Waals surface area contributed by atoms with Crippen LogP contribution >= 0.6 is 23.2 Å². The topological polar surface area (TPSA) is 77.3 Å². The number of hydrazone groups is 1. The summed E-state index contributed by atoms with van der Waals surface area (Å²) in [6.45, 7) is 15.3. The molecule has 1 heterocycles. The lowest BCUT2D eigenvalue weighted by Crippen LogP contribution is -2.41. The molecule has 0 aromatic carbocycles. The van der Waals surface area contributed by atoms with Gasteiger partial charge < -0.3 is 10.4 Å². The first-order valence-corrected chi connectivity index (χ1v) is 12.1. The average molecular weight is 508 g/mol. The molecule has 186 valence electrons. The summed E-state index contributed by atoms with van der Waals surface area (Å²) in [6, 6.07) is -0.230. The van der Waals surface area contributed by atoms with Crippen molar-refractivity contribution in [1.29, 1.82) is 0 Å². The predicted molar refractivity (Wildman–Crippen MR) is 145 cm³/mol. The molecule has 2 N–H and O–H groups in total. The number of hydrogen-bond donors (Lipinski definition) is 2. The minimum absolute atomic E-state index is 0.0631. The molecule has 0 saturated heterocycles. The molecule has 6 nitrogen and oxygen atoms in total. The van der Waals surface area contributed by atoms with E-state index in [2.05, 4.69) is 11.9 Å². The lowest BCUT2D eigenvalue weighted by atomic mass is 10.0. The number of aliphatic hydroxyl groups is 1. The maximum Gasteiger partial charge on any atom is 0.233 e. The van der Waals surface area contributed by atoms with Crippen molar-refractivity contribution in [3.05, 3.63) is 70.1 Å². The number of amidine groups is 1. The van der Waals surface area contributed by atoms with Crippen LogP contribution in [0.15, 0.2) is 80.2 Å². The zero-order valence-corrected chi connectivity index (χ0v) is 22.4. The molecule has 1 rings (SSSR count). The highest BCUT2D eigenvalue weighted by Gasteiger charge is 2.24. The largest absolute Gasteiger partial charge is 0.509 e. The minimum atomic E-state index is -0.479. The van der Waals surface area contributed by atoms with Gasteiger partial charge in [0.15, 0.2) is 0 Å². The number of nitrogens with zero attached hydrogens (tertiary/aromatic N) is 3. The fourth-order valence-electron chi connectivity index (χ4n) is 3.38. The van der Waals surface area contributed by atoms with Crippen LogP contribution in [0.1, 0.15) is 54.4 Å². The van der Waals surface area contributed by atoms with E-state index >= 15 is 0 Å². The number of rotatable bonds is 8. The molecule has 0 aromatic heterocycles. The molecule has 0 radical (unpaired) electrons. The third kappa shape index (κ3) is 9.35. The minimum Gasteiger partial charge on any atom is -0.509 e. The van der Waals surface area contributed by atoms with Crippen molar-refractivity contribution in [2.45, 2.75) is 60.4 Å². The van der Waals surface area contributed by atoms with Gasteiger partial charge in [-0.15, -0.1) is 0 Å². The molecule has 34 heavy (non-hydrogen) atoms. The van der Waals surface area contributed by atoms with Crippen LogP contribution in [0.3, 0.4) is 0 Å². The van der Waals surface area contributed by atoms with Gasteiger partial charge in [-0.1, -0.05) is 54.9 Å². The molecular formula is C26H36Cl2N4O2. The van der Waals surface area contributed by atoms with Gasteiger partial charge in [-0.3, -0.25) is 14.8 Å². The molecule has 0 spiro atoms. The maximum absolute atomic E-state index is 13.1. The van der Waals surface area contributed by atoms with Crippen molar-refractivity contribution in [2.75, 3.05) is 6.54 Å². The zero-order chi connectivity index (χ0) is 25.8. The SMILES string of the molecule is C=C(O)/C=C(\C=C/C)CC1=NC(C)CN(C(=C\Cl)/C(C)=C\C(Cl)=C/C)/N=C(/CC)[C@H](C)C(=O)N1. The molecule has 1 aliphatic heterocycles. The summed E-state index contributed by atoms with van der Waals surface area (Å²) < 4.78 is 0. The van der Waals surface area contributed by atoms with E-state index in [9.17, 15) is 9.90 Å². The standard InChI is InChI=1S/C26H36Cl2N4O2/c1-8-11-21(13-19(6)33)14-25-29-18(5)16-32(24(15-27)17(4)12-22(28)9-2)31-23(10-3)20(7)26(34)30-25/h8-9,11-13,15,18,20,33H,6,10,14,16H2,1-5,7H3,(H,29,30,34)/b11-8-,17-12-,21-13+,22-9+,24-15-,31-23-/t18?,20-/m0/s1. The second-order valence-electron chi connectivity index (χ2n) is 8.05. The van der Waals surface area contributed by atoms with Crippen LogP contribution in [0.4, 0.5) is 0 Å². The highest BCUT2D eigenvalue weighted by Crippen LogP contribution is 2.23. The summed E-state index contributed by atoms with van der Waals surface area (Å²) in [7, 11) is 0. The maximum atomic E-state index is 13.1. The molecule has 8 heteroatoms. The first-order valence-electron chi connectivity index (χ1n) is 11.3. The Labute approximate surface area is 213 Å². The van der Waals surface area contributed by atoms with Gasteiger partial charge in [-0.2, -0.15) is 5.10 Å². The number of carbonyl (C=O) groups excluding carboxylic acids is 1. The highest BCUT2D eigenvalue weighted by atomic mass is 35.5. The predicted octanol–water partition coefficient (Wildman–Crippen LogP) is 6.74. The van der Waals surface area contributed by atoms with Crippen LogP contribution in [0.5, 0.6) is 0 Å². The Kier molecular flexibility index (Phi) is 12.7. The van der Waals surface area contributed by atoms with E-state index in [4.69, 9.17) is 33.3 Å². The summed E-state index contributed by atoms with van der Waals surface area (Å²) >= 11 is 12.4. The molecular weight excluding hydrogens is 471 g/mol. The molecule has 0 fully saturated rings. The fraction of sp³-hybridized carbons (Fsp3) is 0.423. The van der Waals surface area contributed by atoms with Gasteiger partial charge in [0.25, 0.3) is 0 Å². The number of amides is 1. The van der Waals surface area contributed by atoms with Gasteiger partial charge in [0, 0.05) is 17.0 Å². The van der Waals surface area contributed by atoms with Gasteiger partial charge in [0.05, 0.1) is 29.9 Å². The van der Waals surface area contributed by atoms with Crippen LogP contribution in [-0.4, -0.2) is 40.2 Å². The summed E-state index contributed by atoms with van der Waals surface area (Å²) in [5.41, 5.74) is 4.47. The first kappa shape index (κ1) is 29.5. The Morgan fingerprint density at radius 1 is 1.32 bits per heavy atom. The van der Waals surface area contributed by atoms with E-state index in [1.54, 1.807) is 17.2 Å². The first-order chi connectivity index (χ1) is 16.1. The van der Waals surface area contributed by atoms with E-state index in [1.807, 2.05) is 59.8 Å². The fourth-order valence-corrected chi connectivity index (χ4v) is 3.83. The Balaban J connectivity index is 3.53. The second-order valence-corrected chi connectivity index (χ2v) is 8.70. The van der Waals surface area contributed by atoms with Crippen LogP contribution in [-0.2, 0) is 4.79 Å².